The number of likely N-dealkylation sites (N-methyl/N-ethyl adjacent to an activating group) is 1. The lowest BCUT2D eigenvalue weighted by Crippen LogP contribution is -2.37. The molecule has 154 valence electrons. The van der Waals surface area contributed by atoms with Crippen LogP contribution in [0.3, 0.4) is 0 Å². The second-order valence-electron chi connectivity index (χ2n) is 7.32. The van der Waals surface area contributed by atoms with Gasteiger partial charge in [0.2, 0.25) is 5.91 Å². The van der Waals surface area contributed by atoms with E-state index >= 15 is 0 Å². The predicted molar refractivity (Wildman–Crippen MR) is 113 cm³/mol. The van der Waals surface area contributed by atoms with Gasteiger partial charge in [0, 0.05) is 25.4 Å². The van der Waals surface area contributed by atoms with Crippen LogP contribution in [0.4, 0.5) is 5.00 Å². The third kappa shape index (κ3) is 5.03. The van der Waals surface area contributed by atoms with Crippen LogP contribution in [0.1, 0.15) is 53.1 Å². The number of ether oxygens (including phenoxy) is 1. The highest BCUT2D eigenvalue weighted by Crippen LogP contribution is 2.38. The standard InChI is InChI=1S/C22H26N2O4S/c1-14(21(26)24(3)13-16-9-5-4-6-10-16)28-22(27)19-17-11-7-8-12-18(17)29-20(19)23-15(2)25/h4-6,9-10,14H,7-8,11-13H2,1-3H3,(H,23,25)/t14-/m0/s1. The van der Waals surface area contributed by atoms with Crippen LogP contribution in [-0.2, 0) is 33.7 Å². The van der Waals surface area contributed by atoms with E-state index in [1.807, 2.05) is 30.3 Å². The maximum Gasteiger partial charge on any atom is 0.342 e. The molecule has 1 aromatic heterocycles. The first-order valence-electron chi connectivity index (χ1n) is 9.78. The molecule has 6 nitrogen and oxygen atoms in total. The molecule has 29 heavy (non-hydrogen) atoms. The van der Waals surface area contributed by atoms with Crippen molar-refractivity contribution in [2.75, 3.05) is 12.4 Å². The van der Waals surface area contributed by atoms with Crippen molar-refractivity contribution in [1.29, 1.82) is 0 Å². The van der Waals surface area contributed by atoms with Crippen LogP contribution in [-0.4, -0.2) is 35.8 Å². The molecule has 0 unspecified atom stereocenters. The summed E-state index contributed by atoms with van der Waals surface area (Å²) in [6.45, 7) is 3.43. The SMILES string of the molecule is CC(=O)Nc1sc2c(c1C(=O)O[C@@H](C)C(=O)N(C)Cc1ccccc1)CCCC2. The molecule has 1 aliphatic rings. The van der Waals surface area contributed by atoms with Crippen LogP contribution in [0.2, 0.25) is 0 Å². The van der Waals surface area contributed by atoms with Crippen molar-refractivity contribution in [3.63, 3.8) is 0 Å². The maximum atomic E-state index is 12.9. The zero-order valence-corrected chi connectivity index (χ0v) is 17.8. The Balaban J connectivity index is 1.73. The molecule has 0 saturated carbocycles. The topological polar surface area (TPSA) is 75.7 Å². The normalized spacial score (nSPS) is 13.9. The first-order valence-corrected chi connectivity index (χ1v) is 10.6. The van der Waals surface area contributed by atoms with E-state index in [-0.39, 0.29) is 11.8 Å². The summed E-state index contributed by atoms with van der Waals surface area (Å²) in [5.41, 5.74) is 2.36. The minimum atomic E-state index is -0.916. The summed E-state index contributed by atoms with van der Waals surface area (Å²) in [6, 6.07) is 9.64. The van der Waals surface area contributed by atoms with Crippen molar-refractivity contribution in [1.82, 2.24) is 4.90 Å². The molecule has 1 heterocycles. The summed E-state index contributed by atoms with van der Waals surface area (Å²) in [5, 5.41) is 3.27. The molecule has 0 aliphatic heterocycles. The third-order valence-electron chi connectivity index (χ3n) is 4.94. The van der Waals surface area contributed by atoms with E-state index in [2.05, 4.69) is 5.32 Å². The van der Waals surface area contributed by atoms with E-state index in [0.29, 0.717) is 17.1 Å². The van der Waals surface area contributed by atoms with Gasteiger partial charge in [-0.2, -0.15) is 0 Å². The van der Waals surface area contributed by atoms with Crippen LogP contribution in [0.25, 0.3) is 0 Å². The lowest BCUT2D eigenvalue weighted by molar-refractivity contribution is -0.139. The molecular weight excluding hydrogens is 388 g/mol. The fourth-order valence-electron chi connectivity index (χ4n) is 3.55. The van der Waals surface area contributed by atoms with E-state index < -0.39 is 12.1 Å². The van der Waals surface area contributed by atoms with Crippen molar-refractivity contribution in [2.24, 2.45) is 0 Å². The molecule has 1 aromatic carbocycles. The molecule has 0 spiro atoms. The molecule has 1 N–H and O–H groups in total. The van der Waals surface area contributed by atoms with Gasteiger partial charge in [0.25, 0.3) is 5.91 Å². The number of thiophene rings is 1. The first-order chi connectivity index (χ1) is 13.9. The molecular formula is C22H26N2O4S. The van der Waals surface area contributed by atoms with Gasteiger partial charge in [0.15, 0.2) is 6.10 Å². The first kappa shape index (κ1) is 21.0. The van der Waals surface area contributed by atoms with Crippen LogP contribution in [0.5, 0.6) is 0 Å². The van der Waals surface area contributed by atoms with Gasteiger partial charge in [-0.15, -0.1) is 11.3 Å². The molecule has 0 saturated heterocycles. The molecule has 1 atom stereocenters. The molecule has 0 bridgehead atoms. The van der Waals surface area contributed by atoms with E-state index in [0.717, 1.165) is 41.7 Å². The van der Waals surface area contributed by atoms with Gasteiger partial charge in [-0.05, 0) is 43.7 Å². The fraction of sp³-hybridized carbons (Fsp3) is 0.409. The van der Waals surface area contributed by atoms with Crippen LogP contribution < -0.4 is 5.32 Å². The number of carbonyl (C=O) groups is 3. The molecule has 2 aromatic rings. The summed E-state index contributed by atoms with van der Waals surface area (Å²) in [6.07, 6.45) is 2.83. The highest BCUT2D eigenvalue weighted by atomic mass is 32.1. The number of anilines is 1. The van der Waals surface area contributed by atoms with E-state index in [4.69, 9.17) is 4.74 Å². The molecule has 3 rings (SSSR count). The monoisotopic (exact) mass is 414 g/mol. The third-order valence-corrected chi connectivity index (χ3v) is 6.14. The van der Waals surface area contributed by atoms with Crippen molar-refractivity contribution < 1.29 is 19.1 Å². The van der Waals surface area contributed by atoms with E-state index in [1.54, 1.807) is 18.9 Å². The Kier molecular flexibility index (Phi) is 6.69. The van der Waals surface area contributed by atoms with Gasteiger partial charge in [-0.25, -0.2) is 4.79 Å². The number of hydrogen-bond donors (Lipinski definition) is 1. The van der Waals surface area contributed by atoms with Crippen LogP contribution >= 0.6 is 11.3 Å². The Hall–Kier alpha value is -2.67. The quantitative estimate of drug-likeness (QED) is 0.730. The van der Waals surface area contributed by atoms with Gasteiger partial charge < -0.3 is 15.0 Å². The minimum Gasteiger partial charge on any atom is -0.449 e. The molecule has 0 radical (unpaired) electrons. The average molecular weight is 415 g/mol. The number of amides is 2. The number of benzene rings is 1. The van der Waals surface area contributed by atoms with Gasteiger partial charge in [-0.1, -0.05) is 30.3 Å². The minimum absolute atomic E-state index is 0.232. The van der Waals surface area contributed by atoms with Crippen molar-refractivity contribution in [3.8, 4) is 0 Å². The van der Waals surface area contributed by atoms with Crippen molar-refractivity contribution >= 4 is 34.1 Å². The number of esters is 1. The number of carbonyl (C=O) groups excluding carboxylic acids is 3. The summed E-state index contributed by atoms with van der Waals surface area (Å²) >= 11 is 1.43. The Labute approximate surface area is 174 Å². The Morgan fingerprint density at radius 3 is 2.55 bits per heavy atom. The largest absolute Gasteiger partial charge is 0.449 e. The summed E-state index contributed by atoms with van der Waals surface area (Å²) in [7, 11) is 1.69. The van der Waals surface area contributed by atoms with E-state index in [9.17, 15) is 14.4 Å². The number of nitrogens with zero attached hydrogens (tertiary/aromatic N) is 1. The summed E-state index contributed by atoms with van der Waals surface area (Å²) in [5.74, 6) is -1.06. The lowest BCUT2D eigenvalue weighted by Gasteiger charge is -2.22. The smallest absolute Gasteiger partial charge is 0.342 e. The second-order valence-corrected chi connectivity index (χ2v) is 8.43. The highest BCUT2D eigenvalue weighted by molar-refractivity contribution is 7.17. The summed E-state index contributed by atoms with van der Waals surface area (Å²) in [4.78, 5) is 39.9. The number of fused-ring (bicyclic) bond motifs is 1. The number of aryl methyl sites for hydroxylation is 1. The summed E-state index contributed by atoms with van der Waals surface area (Å²) < 4.78 is 5.53. The zero-order valence-electron chi connectivity index (χ0n) is 17.0. The number of nitrogens with one attached hydrogen (secondary N) is 1. The van der Waals surface area contributed by atoms with Gasteiger partial charge >= 0.3 is 5.97 Å². The van der Waals surface area contributed by atoms with Gasteiger partial charge in [-0.3, -0.25) is 9.59 Å². The molecule has 2 amide bonds. The highest BCUT2D eigenvalue weighted by Gasteiger charge is 2.30. The number of hydrogen-bond acceptors (Lipinski definition) is 5. The number of rotatable bonds is 6. The van der Waals surface area contributed by atoms with Gasteiger partial charge in [0.1, 0.15) is 5.00 Å². The van der Waals surface area contributed by atoms with Crippen LogP contribution in [0.15, 0.2) is 30.3 Å². The van der Waals surface area contributed by atoms with Crippen molar-refractivity contribution in [3.05, 3.63) is 51.9 Å². The van der Waals surface area contributed by atoms with Gasteiger partial charge in [0.05, 0.1) is 5.56 Å². The van der Waals surface area contributed by atoms with E-state index in [1.165, 1.54) is 18.3 Å². The Bertz CT molecular complexity index is 907. The lowest BCUT2D eigenvalue weighted by atomic mass is 9.95. The van der Waals surface area contributed by atoms with Crippen LogP contribution in [0, 0.1) is 0 Å². The molecule has 1 aliphatic carbocycles. The molecule has 0 fully saturated rings. The zero-order chi connectivity index (χ0) is 21.0. The molecule has 7 heteroatoms. The second kappa shape index (κ2) is 9.22. The Morgan fingerprint density at radius 1 is 1.17 bits per heavy atom. The fourth-order valence-corrected chi connectivity index (χ4v) is 4.87. The Morgan fingerprint density at radius 2 is 1.86 bits per heavy atom. The van der Waals surface area contributed by atoms with Crippen molar-refractivity contribution in [2.45, 2.75) is 52.2 Å². The maximum absolute atomic E-state index is 12.9. The average Bonchev–Trinajstić information content (AvgIpc) is 3.05. The predicted octanol–water partition coefficient (Wildman–Crippen LogP) is 3.79.